The third-order valence-electron chi connectivity index (χ3n) is 3.74. The number of aromatic nitrogens is 1. The molecule has 2 unspecified atom stereocenters. The van der Waals surface area contributed by atoms with Gasteiger partial charge in [0.15, 0.2) is 0 Å². The zero-order valence-corrected chi connectivity index (χ0v) is 13.4. The monoisotopic (exact) mass is 314 g/mol. The number of carbonyl (C=O) groups excluding carboxylic acids is 1. The molecule has 23 heavy (non-hydrogen) atoms. The number of rotatable bonds is 7. The maximum absolute atomic E-state index is 12.1. The lowest BCUT2D eigenvalue weighted by Gasteiger charge is -2.26. The van der Waals surface area contributed by atoms with E-state index in [9.17, 15) is 9.90 Å². The van der Waals surface area contributed by atoms with Gasteiger partial charge in [-0.05, 0) is 30.3 Å². The molecular weight excluding hydrogens is 292 g/mol. The number of hydrogen-bond acceptors (Lipinski definition) is 5. The quantitative estimate of drug-likeness (QED) is 0.792. The summed E-state index contributed by atoms with van der Waals surface area (Å²) in [6.07, 6.45) is 2.27. The summed E-state index contributed by atoms with van der Waals surface area (Å²) in [5, 5.41) is 10.5. The number of methoxy groups -OCH3 is 1. The molecule has 0 radical (unpaired) electrons. The molecule has 5 heteroatoms. The summed E-state index contributed by atoms with van der Waals surface area (Å²) in [5.74, 6) is -1.08. The van der Waals surface area contributed by atoms with Crippen molar-refractivity contribution in [3.05, 3.63) is 66.0 Å². The first-order chi connectivity index (χ1) is 11.1. The van der Waals surface area contributed by atoms with E-state index in [-0.39, 0.29) is 0 Å². The third-order valence-corrected chi connectivity index (χ3v) is 3.74. The van der Waals surface area contributed by atoms with Crippen LogP contribution in [0.3, 0.4) is 0 Å². The second-order valence-electron chi connectivity index (χ2n) is 5.54. The molecule has 0 saturated carbocycles. The highest BCUT2D eigenvalue weighted by Crippen LogP contribution is 2.24. The van der Waals surface area contributed by atoms with Crippen molar-refractivity contribution in [3.63, 3.8) is 0 Å². The molecule has 0 fully saturated rings. The molecule has 0 saturated heterocycles. The van der Waals surface area contributed by atoms with Crippen LogP contribution in [0.2, 0.25) is 0 Å². The second-order valence-corrected chi connectivity index (χ2v) is 5.54. The summed E-state index contributed by atoms with van der Waals surface area (Å²) in [5.41, 5.74) is 1.81. The Labute approximate surface area is 136 Å². The standard InChI is InChI=1S/C18H22N2O3/c1-20(12-14-6-4-3-5-7-14)13-16(18(22)23-2)17(21)15-8-10-19-11-9-15/h3-11,16-17,21H,12-13H2,1-2H3. The molecule has 1 heterocycles. The molecule has 1 N–H and O–H groups in total. The van der Waals surface area contributed by atoms with Gasteiger partial charge in [-0.3, -0.25) is 9.78 Å². The van der Waals surface area contributed by atoms with Crippen LogP contribution < -0.4 is 0 Å². The zero-order valence-electron chi connectivity index (χ0n) is 13.4. The first-order valence-corrected chi connectivity index (χ1v) is 7.50. The maximum atomic E-state index is 12.1. The van der Waals surface area contributed by atoms with Crippen LogP contribution in [0.25, 0.3) is 0 Å². The van der Waals surface area contributed by atoms with Crippen molar-refractivity contribution in [1.29, 1.82) is 0 Å². The Kier molecular flexibility index (Phi) is 6.26. The summed E-state index contributed by atoms with van der Waals surface area (Å²) < 4.78 is 4.86. The van der Waals surface area contributed by atoms with Crippen molar-refractivity contribution in [3.8, 4) is 0 Å². The van der Waals surface area contributed by atoms with Crippen LogP contribution in [0.1, 0.15) is 17.2 Å². The predicted octanol–water partition coefficient (Wildman–Crippen LogP) is 2.04. The fourth-order valence-electron chi connectivity index (χ4n) is 2.54. The molecule has 0 spiro atoms. The molecule has 0 amide bonds. The number of pyridine rings is 1. The molecule has 1 aromatic heterocycles. The van der Waals surface area contributed by atoms with Crippen molar-refractivity contribution in [2.24, 2.45) is 5.92 Å². The van der Waals surface area contributed by atoms with E-state index < -0.39 is 18.0 Å². The average molecular weight is 314 g/mol. The summed E-state index contributed by atoms with van der Waals surface area (Å²) in [6, 6.07) is 13.4. The van der Waals surface area contributed by atoms with Gasteiger partial charge in [-0.2, -0.15) is 0 Å². The van der Waals surface area contributed by atoms with Crippen LogP contribution in [0.5, 0.6) is 0 Å². The molecule has 0 aliphatic rings. The summed E-state index contributed by atoms with van der Waals surface area (Å²) in [4.78, 5) is 18.0. The molecule has 1 aromatic carbocycles. The normalized spacial score (nSPS) is 13.6. The fourth-order valence-corrected chi connectivity index (χ4v) is 2.54. The van der Waals surface area contributed by atoms with Crippen LogP contribution in [0.15, 0.2) is 54.9 Å². The first kappa shape index (κ1) is 17.1. The molecule has 0 aliphatic carbocycles. The van der Waals surface area contributed by atoms with E-state index in [2.05, 4.69) is 4.98 Å². The van der Waals surface area contributed by atoms with Crippen molar-refractivity contribution >= 4 is 5.97 Å². The van der Waals surface area contributed by atoms with Gasteiger partial charge in [0.2, 0.25) is 0 Å². The molecule has 2 atom stereocenters. The number of esters is 1. The molecular formula is C18H22N2O3. The van der Waals surface area contributed by atoms with E-state index in [0.29, 0.717) is 18.7 Å². The number of aliphatic hydroxyl groups is 1. The number of ether oxygens (including phenoxy) is 1. The van der Waals surface area contributed by atoms with Gasteiger partial charge in [-0.15, -0.1) is 0 Å². The lowest BCUT2D eigenvalue weighted by Crippen LogP contribution is -2.35. The fraction of sp³-hybridized carbons (Fsp3) is 0.333. The van der Waals surface area contributed by atoms with Crippen molar-refractivity contribution < 1.29 is 14.6 Å². The van der Waals surface area contributed by atoms with Crippen LogP contribution in [0, 0.1) is 5.92 Å². The molecule has 0 aliphatic heterocycles. The van der Waals surface area contributed by atoms with E-state index in [1.807, 2.05) is 42.3 Å². The summed E-state index contributed by atoms with van der Waals surface area (Å²) >= 11 is 0. The van der Waals surface area contributed by atoms with E-state index >= 15 is 0 Å². The lowest BCUT2D eigenvalue weighted by molar-refractivity contribution is -0.150. The van der Waals surface area contributed by atoms with Crippen molar-refractivity contribution in [1.82, 2.24) is 9.88 Å². The Bertz CT molecular complexity index is 604. The summed E-state index contributed by atoms with van der Waals surface area (Å²) in [7, 11) is 3.26. The smallest absolute Gasteiger partial charge is 0.312 e. The maximum Gasteiger partial charge on any atom is 0.312 e. The van der Waals surface area contributed by atoms with Crippen LogP contribution in [0.4, 0.5) is 0 Å². The van der Waals surface area contributed by atoms with Gasteiger partial charge in [0.1, 0.15) is 0 Å². The minimum absolute atomic E-state index is 0.394. The van der Waals surface area contributed by atoms with Gasteiger partial charge in [0.05, 0.1) is 19.1 Å². The minimum atomic E-state index is -0.927. The van der Waals surface area contributed by atoms with Gasteiger partial charge in [-0.25, -0.2) is 0 Å². The summed E-state index contributed by atoms with van der Waals surface area (Å²) in [6.45, 7) is 1.09. The predicted molar refractivity (Wildman–Crippen MR) is 87.5 cm³/mol. The first-order valence-electron chi connectivity index (χ1n) is 7.50. The van der Waals surface area contributed by atoms with Crippen molar-refractivity contribution in [2.45, 2.75) is 12.6 Å². The molecule has 5 nitrogen and oxygen atoms in total. The SMILES string of the molecule is COC(=O)C(CN(C)Cc1ccccc1)C(O)c1ccncc1. The molecule has 2 aromatic rings. The van der Waals surface area contributed by atoms with E-state index in [0.717, 1.165) is 5.56 Å². The molecule has 2 rings (SSSR count). The number of carbonyl (C=O) groups is 1. The van der Waals surface area contributed by atoms with Crippen LogP contribution >= 0.6 is 0 Å². The second kappa shape index (κ2) is 8.41. The molecule has 0 bridgehead atoms. The zero-order chi connectivity index (χ0) is 16.7. The van der Waals surface area contributed by atoms with E-state index in [1.165, 1.54) is 7.11 Å². The van der Waals surface area contributed by atoms with Gasteiger partial charge in [0.25, 0.3) is 0 Å². The highest BCUT2D eigenvalue weighted by atomic mass is 16.5. The Morgan fingerprint density at radius 2 is 1.87 bits per heavy atom. The van der Waals surface area contributed by atoms with Crippen LogP contribution in [-0.2, 0) is 16.1 Å². The minimum Gasteiger partial charge on any atom is -0.469 e. The largest absolute Gasteiger partial charge is 0.469 e. The third kappa shape index (κ3) is 4.87. The van der Waals surface area contributed by atoms with E-state index in [1.54, 1.807) is 24.5 Å². The highest BCUT2D eigenvalue weighted by molar-refractivity contribution is 5.73. The topological polar surface area (TPSA) is 62.7 Å². The number of aliphatic hydroxyl groups excluding tert-OH is 1. The molecule has 122 valence electrons. The lowest BCUT2D eigenvalue weighted by atomic mass is 9.95. The van der Waals surface area contributed by atoms with E-state index in [4.69, 9.17) is 4.74 Å². The number of benzene rings is 1. The van der Waals surface area contributed by atoms with Gasteiger partial charge in [-0.1, -0.05) is 30.3 Å². The Morgan fingerprint density at radius 3 is 2.48 bits per heavy atom. The number of nitrogens with zero attached hydrogens (tertiary/aromatic N) is 2. The Hall–Kier alpha value is -2.24. The van der Waals surface area contributed by atoms with Crippen molar-refractivity contribution in [2.75, 3.05) is 20.7 Å². The Balaban J connectivity index is 2.08. The average Bonchev–Trinajstić information content (AvgIpc) is 2.60. The Morgan fingerprint density at radius 1 is 1.22 bits per heavy atom. The van der Waals surface area contributed by atoms with Crippen LogP contribution in [-0.4, -0.2) is 41.7 Å². The number of hydrogen-bond donors (Lipinski definition) is 1. The van der Waals surface area contributed by atoms with Gasteiger partial charge in [0, 0.05) is 25.5 Å². The highest BCUT2D eigenvalue weighted by Gasteiger charge is 2.30. The van der Waals surface area contributed by atoms with Gasteiger partial charge < -0.3 is 14.7 Å². The van der Waals surface area contributed by atoms with Gasteiger partial charge >= 0.3 is 5.97 Å².